The molecule has 0 bridgehead atoms. The maximum absolute atomic E-state index is 13.3. The minimum absolute atomic E-state index is 0.0252. The summed E-state index contributed by atoms with van der Waals surface area (Å²) in [7, 11) is -2.53. The van der Waals surface area contributed by atoms with Crippen LogP contribution in [0.2, 0.25) is 0 Å². The summed E-state index contributed by atoms with van der Waals surface area (Å²) in [6.45, 7) is 5.11. The standard InChI is InChI=1S/C24H32N2O5S/c1-24(23(25)27,32(28,29)22-12-10-20(30-2)11-13-22)18-19-6-8-21(9-7-19)31-17-16-26-14-4-3-5-15-26/h6-13H,3-5,14-18H2,1-2H3,(H2,25,27). The van der Waals surface area contributed by atoms with Gasteiger partial charge in [-0.3, -0.25) is 9.69 Å². The molecule has 32 heavy (non-hydrogen) atoms. The Morgan fingerprint density at radius 1 is 1.00 bits per heavy atom. The SMILES string of the molecule is COc1ccc(S(=O)(=O)C(C)(Cc2ccc(OCCN3CCCCC3)cc2)C(N)=O)cc1. The topological polar surface area (TPSA) is 98.9 Å². The van der Waals surface area contributed by atoms with Crippen molar-refractivity contribution in [1.29, 1.82) is 0 Å². The number of primary amides is 1. The third-order valence-corrected chi connectivity index (χ3v) is 8.50. The number of methoxy groups -OCH3 is 1. The van der Waals surface area contributed by atoms with E-state index in [1.165, 1.54) is 45.4 Å². The monoisotopic (exact) mass is 460 g/mol. The van der Waals surface area contributed by atoms with E-state index in [1.54, 1.807) is 36.4 Å². The van der Waals surface area contributed by atoms with Crippen LogP contribution in [-0.4, -0.2) is 57.3 Å². The van der Waals surface area contributed by atoms with Crippen molar-refractivity contribution in [1.82, 2.24) is 4.90 Å². The zero-order valence-electron chi connectivity index (χ0n) is 18.7. The van der Waals surface area contributed by atoms with Gasteiger partial charge in [-0.05, 0) is 74.8 Å². The Hall–Kier alpha value is -2.58. The van der Waals surface area contributed by atoms with E-state index in [1.807, 2.05) is 0 Å². The second-order valence-electron chi connectivity index (χ2n) is 8.35. The average molecular weight is 461 g/mol. The lowest BCUT2D eigenvalue weighted by atomic mass is 9.99. The number of benzene rings is 2. The maximum atomic E-state index is 13.3. The number of likely N-dealkylation sites (tertiary alicyclic amines) is 1. The van der Waals surface area contributed by atoms with Crippen molar-refractivity contribution in [2.75, 3.05) is 33.4 Å². The zero-order valence-corrected chi connectivity index (χ0v) is 19.6. The van der Waals surface area contributed by atoms with Crippen molar-refractivity contribution in [2.45, 2.75) is 42.2 Å². The first kappa shape index (κ1) is 24.1. The van der Waals surface area contributed by atoms with E-state index in [4.69, 9.17) is 15.2 Å². The van der Waals surface area contributed by atoms with Gasteiger partial charge in [0.25, 0.3) is 0 Å². The summed E-state index contributed by atoms with van der Waals surface area (Å²) >= 11 is 0. The molecule has 1 aliphatic rings. The molecule has 1 amide bonds. The van der Waals surface area contributed by atoms with Crippen LogP contribution >= 0.6 is 0 Å². The smallest absolute Gasteiger partial charge is 0.239 e. The van der Waals surface area contributed by atoms with E-state index in [-0.39, 0.29) is 11.3 Å². The van der Waals surface area contributed by atoms with Gasteiger partial charge >= 0.3 is 0 Å². The number of carbonyl (C=O) groups excluding carboxylic acids is 1. The first-order valence-corrected chi connectivity index (χ1v) is 12.4. The fraction of sp³-hybridized carbons (Fsp3) is 0.458. The number of hydrogen-bond acceptors (Lipinski definition) is 6. The minimum Gasteiger partial charge on any atom is -0.497 e. The third-order valence-electron chi connectivity index (χ3n) is 6.07. The molecule has 3 rings (SSSR count). The van der Waals surface area contributed by atoms with E-state index in [9.17, 15) is 13.2 Å². The molecular formula is C24H32N2O5S. The predicted octanol–water partition coefficient (Wildman–Crippen LogP) is 2.82. The summed E-state index contributed by atoms with van der Waals surface area (Å²) in [6.07, 6.45) is 3.75. The second kappa shape index (κ2) is 10.4. The van der Waals surface area contributed by atoms with Crippen LogP contribution in [0.4, 0.5) is 0 Å². The van der Waals surface area contributed by atoms with Gasteiger partial charge in [-0.1, -0.05) is 18.6 Å². The van der Waals surface area contributed by atoms with E-state index in [2.05, 4.69) is 4.90 Å². The first-order chi connectivity index (χ1) is 15.3. The number of amides is 1. The van der Waals surface area contributed by atoms with Gasteiger partial charge in [-0.25, -0.2) is 8.42 Å². The summed E-state index contributed by atoms with van der Waals surface area (Å²) < 4.78 is 35.7. The van der Waals surface area contributed by atoms with Gasteiger partial charge in [0, 0.05) is 13.0 Å². The van der Waals surface area contributed by atoms with E-state index in [0.29, 0.717) is 23.7 Å². The lowest BCUT2D eigenvalue weighted by Gasteiger charge is -2.27. The number of ether oxygens (including phenoxy) is 2. The quantitative estimate of drug-likeness (QED) is 0.585. The molecule has 1 fully saturated rings. The highest BCUT2D eigenvalue weighted by Crippen LogP contribution is 2.31. The number of carbonyl (C=O) groups is 1. The Labute approximate surface area is 190 Å². The van der Waals surface area contributed by atoms with Crippen LogP contribution < -0.4 is 15.2 Å². The summed E-state index contributed by atoms with van der Waals surface area (Å²) in [5, 5.41) is 0. The molecule has 1 unspecified atom stereocenters. The molecule has 0 aliphatic carbocycles. The summed E-state index contributed by atoms with van der Waals surface area (Å²) in [5.41, 5.74) is 6.28. The van der Waals surface area contributed by atoms with E-state index >= 15 is 0 Å². The van der Waals surface area contributed by atoms with Crippen molar-refractivity contribution in [2.24, 2.45) is 5.73 Å². The fourth-order valence-electron chi connectivity index (χ4n) is 3.90. The first-order valence-electron chi connectivity index (χ1n) is 10.9. The molecule has 8 heteroatoms. The van der Waals surface area contributed by atoms with Crippen molar-refractivity contribution in [3.63, 3.8) is 0 Å². The third kappa shape index (κ3) is 5.42. The average Bonchev–Trinajstić information content (AvgIpc) is 2.80. The number of piperidine rings is 1. The fourth-order valence-corrected chi connectivity index (χ4v) is 5.53. The lowest BCUT2D eigenvalue weighted by molar-refractivity contribution is -0.120. The number of sulfone groups is 1. The van der Waals surface area contributed by atoms with Crippen molar-refractivity contribution >= 4 is 15.7 Å². The molecule has 1 heterocycles. The zero-order chi connectivity index (χ0) is 23.2. The minimum atomic E-state index is -4.03. The van der Waals surface area contributed by atoms with Gasteiger partial charge in [0.1, 0.15) is 18.1 Å². The lowest BCUT2D eigenvalue weighted by Crippen LogP contribution is -2.49. The van der Waals surface area contributed by atoms with Gasteiger partial charge in [0.15, 0.2) is 14.6 Å². The highest BCUT2D eigenvalue weighted by molar-refractivity contribution is 7.93. The van der Waals surface area contributed by atoms with Gasteiger partial charge < -0.3 is 15.2 Å². The summed E-state index contributed by atoms with van der Waals surface area (Å²) in [4.78, 5) is 14.7. The van der Waals surface area contributed by atoms with E-state index in [0.717, 1.165) is 19.6 Å². The maximum Gasteiger partial charge on any atom is 0.239 e. The number of nitrogens with zero attached hydrogens (tertiary/aromatic N) is 1. The number of hydrogen-bond donors (Lipinski definition) is 1. The van der Waals surface area contributed by atoms with Crippen molar-refractivity contribution < 1.29 is 22.7 Å². The van der Waals surface area contributed by atoms with Crippen LogP contribution in [0.1, 0.15) is 31.7 Å². The van der Waals surface area contributed by atoms with E-state index < -0.39 is 20.5 Å². The summed E-state index contributed by atoms with van der Waals surface area (Å²) in [6, 6.07) is 13.1. The number of nitrogens with two attached hydrogens (primary N) is 1. The van der Waals surface area contributed by atoms with Gasteiger partial charge in [-0.15, -0.1) is 0 Å². The normalized spacial score (nSPS) is 16.8. The van der Waals surface area contributed by atoms with Crippen LogP contribution in [-0.2, 0) is 21.1 Å². The molecule has 1 aliphatic heterocycles. The molecule has 0 radical (unpaired) electrons. The summed E-state index contributed by atoms with van der Waals surface area (Å²) in [5.74, 6) is 0.348. The van der Waals surface area contributed by atoms with Gasteiger partial charge in [-0.2, -0.15) is 0 Å². The second-order valence-corrected chi connectivity index (χ2v) is 10.7. The van der Waals surface area contributed by atoms with Crippen LogP contribution in [0.25, 0.3) is 0 Å². The number of rotatable bonds is 10. The largest absolute Gasteiger partial charge is 0.497 e. The molecular weight excluding hydrogens is 428 g/mol. The van der Waals surface area contributed by atoms with Crippen molar-refractivity contribution in [3.05, 3.63) is 54.1 Å². The Bertz CT molecular complexity index is 1000. The highest BCUT2D eigenvalue weighted by Gasteiger charge is 2.46. The molecule has 7 nitrogen and oxygen atoms in total. The van der Waals surface area contributed by atoms with Crippen LogP contribution in [0.5, 0.6) is 11.5 Å². The molecule has 174 valence electrons. The predicted molar refractivity (Wildman–Crippen MR) is 124 cm³/mol. The van der Waals surface area contributed by atoms with Crippen LogP contribution in [0.3, 0.4) is 0 Å². The van der Waals surface area contributed by atoms with Gasteiger partial charge in [0.2, 0.25) is 5.91 Å². The highest BCUT2D eigenvalue weighted by atomic mass is 32.2. The molecule has 1 atom stereocenters. The molecule has 1 saturated heterocycles. The Balaban J connectivity index is 1.68. The molecule has 2 aromatic carbocycles. The van der Waals surface area contributed by atoms with Crippen LogP contribution in [0.15, 0.2) is 53.4 Å². The Kier molecular flexibility index (Phi) is 7.79. The molecule has 0 aromatic heterocycles. The van der Waals surface area contributed by atoms with Crippen LogP contribution in [0, 0.1) is 0 Å². The molecule has 2 N–H and O–H groups in total. The Morgan fingerprint density at radius 2 is 1.59 bits per heavy atom. The van der Waals surface area contributed by atoms with Gasteiger partial charge in [0.05, 0.1) is 12.0 Å². The molecule has 0 spiro atoms. The molecule has 2 aromatic rings. The molecule has 0 saturated carbocycles. The van der Waals surface area contributed by atoms with Crippen molar-refractivity contribution in [3.8, 4) is 11.5 Å². The Morgan fingerprint density at radius 3 is 2.16 bits per heavy atom.